The highest BCUT2D eigenvalue weighted by Crippen LogP contribution is 2.29. The molecule has 0 saturated carbocycles. The van der Waals surface area contributed by atoms with E-state index in [4.69, 9.17) is 0 Å². The zero-order chi connectivity index (χ0) is 13.1. The van der Waals surface area contributed by atoms with Crippen molar-refractivity contribution >= 4 is 44.0 Å². The Bertz CT molecular complexity index is 539. The molecule has 0 saturated heterocycles. The fraction of sp³-hybridized carbons (Fsp3) is 0.231. The Kier molecular flexibility index (Phi) is 4.14. The Morgan fingerprint density at radius 2 is 2.06 bits per heavy atom. The molecule has 0 spiro atoms. The van der Waals surface area contributed by atoms with Gasteiger partial charge in [-0.1, -0.05) is 34.1 Å². The molecule has 94 valence electrons. The predicted octanol–water partition coefficient (Wildman–Crippen LogP) is 3.90. The van der Waals surface area contributed by atoms with Gasteiger partial charge >= 0.3 is 0 Å². The maximum atomic E-state index is 12.3. The van der Waals surface area contributed by atoms with E-state index < -0.39 is 0 Å². The minimum absolute atomic E-state index is 0.0180. The number of rotatable bonds is 3. The van der Waals surface area contributed by atoms with E-state index in [9.17, 15) is 4.79 Å². The first-order valence-electron chi connectivity index (χ1n) is 5.55. The van der Waals surface area contributed by atoms with Crippen LogP contribution >= 0.6 is 27.3 Å². The molecule has 1 aromatic heterocycles. The number of hydrogen-bond donors (Lipinski definition) is 0. The molecule has 0 aliphatic carbocycles. The van der Waals surface area contributed by atoms with Crippen molar-refractivity contribution in [3.05, 3.63) is 41.4 Å². The first-order valence-corrected chi connectivity index (χ1v) is 7.34. The fourth-order valence-corrected chi connectivity index (χ4v) is 2.56. The zero-order valence-corrected chi connectivity index (χ0v) is 12.5. The molecule has 1 aromatic carbocycles. The van der Waals surface area contributed by atoms with E-state index in [1.807, 2.05) is 49.6 Å². The molecule has 1 unspecified atom stereocenters. The number of aromatic nitrogens is 1. The summed E-state index contributed by atoms with van der Waals surface area (Å²) in [4.78, 5) is 18.1. The first kappa shape index (κ1) is 13.2. The lowest BCUT2D eigenvalue weighted by Gasteiger charge is -2.21. The summed E-state index contributed by atoms with van der Waals surface area (Å²) in [6, 6.07) is 9.56. The normalized spacial score (nSPS) is 12.2. The second-order valence-electron chi connectivity index (χ2n) is 3.90. The molecule has 0 N–H and O–H groups in total. The number of halogens is 1. The Morgan fingerprint density at radius 3 is 2.56 bits per heavy atom. The van der Waals surface area contributed by atoms with Crippen LogP contribution < -0.4 is 4.90 Å². The van der Waals surface area contributed by atoms with Gasteiger partial charge in [0.15, 0.2) is 5.13 Å². The predicted molar refractivity (Wildman–Crippen MR) is 78.8 cm³/mol. The molecule has 1 amide bonds. The van der Waals surface area contributed by atoms with Crippen LogP contribution in [0, 0.1) is 6.92 Å². The molecule has 0 aliphatic rings. The van der Waals surface area contributed by atoms with Crippen molar-refractivity contribution in [1.82, 2.24) is 4.98 Å². The van der Waals surface area contributed by atoms with Crippen molar-refractivity contribution in [2.45, 2.75) is 18.7 Å². The molecule has 1 heterocycles. The summed E-state index contributed by atoms with van der Waals surface area (Å²) in [6.07, 6.45) is 0. The van der Waals surface area contributed by atoms with Gasteiger partial charge in [-0.25, -0.2) is 4.98 Å². The van der Waals surface area contributed by atoms with Crippen LogP contribution in [0.3, 0.4) is 0 Å². The highest BCUT2D eigenvalue weighted by atomic mass is 79.9. The lowest BCUT2D eigenvalue weighted by atomic mass is 10.3. The number of benzene rings is 1. The van der Waals surface area contributed by atoms with E-state index in [2.05, 4.69) is 20.9 Å². The number of para-hydroxylation sites is 1. The summed E-state index contributed by atoms with van der Waals surface area (Å²) < 4.78 is 0. The van der Waals surface area contributed by atoms with Gasteiger partial charge < -0.3 is 0 Å². The Hall–Kier alpha value is -1.20. The molecular weight excluding hydrogens is 312 g/mol. The van der Waals surface area contributed by atoms with E-state index in [0.717, 1.165) is 11.4 Å². The molecular formula is C13H13BrN2OS. The molecule has 2 rings (SSSR count). The maximum absolute atomic E-state index is 12.3. The van der Waals surface area contributed by atoms with Crippen LogP contribution in [0.1, 0.15) is 12.6 Å². The standard InChI is InChI=1S/C13H13BrN2OS/c1-9-8-18-13(15-9)16(12(17)10(2)14)11-6-4-3-5-7-11/h3-8,10H,1-2H3. The summed E-state index contributed by atoms with van der Waals surface area (Å²) in [5, 5.41) is 2.65. The molecule has 1 atom stereocenters. The summed E-state index contributed by atoms with van der Waals surface area (Å²) in [6.45, 7) is 3.74. The average molecular weight is 325 g/mol. The van der Waals surface area contributed by atoms with Gasteiger partial charge in [-0.2, -0.15) is 0 Å². The van der Waals surface area contributed by atoms with Gasteiger partial charge in [-0.15, -0.1) is 11.3 Å². The van der Waals surface area contributed by atoms with Crippen LogP contribution in [0.4, 0.5) is 10.8 Å². The third-order valence-corrected chi connectivity index (χ3v) is 3.71. The third kappa shape index (κ3) is 2.79. The van der Waals surface area contributed by atoms with Gasteiger partial charge in [0.1, 0.15) is 0 Å². The van der Waals surface area contributed by atoms with Gasteiger partial charge in [0, 0.05) is 5.38 Å². The van der Waals surface area contributed by atoms with Crippen molar-refractivity contribution in [2.75, 3.05) is 4.90 Å². The zero-order valence-electron chi connectivity index (χ0n) is 10.1. The van der Waals surface area contributed by atoms with Crippen molar-refractivity contribution < 1.29 is 4.79 Å². The molecule has 0 bridgehead atoms. The molecule has 3 nitrogen and oxygen atoms in total. The second-order valence-corrected chi connectivity index (χ2v) is 6.11. The van der Waals surface area contributed by atoms with Crippen LogP contribution in [-0.4, -0.2) is 15.7 Å². The van der Waals surface area contributed by atoms with Gasteiger partial charge in [0.25, 0.3) is 0 Å². The number of hydrogen-bond acceptors (Lipinski definition) is 3. The van der Waals surface area contributed by atoms with Crippen molar-refractivity contribution in [2.24, 2.45) is 0 Å². The van der Waals surface area contributed by atoms with Crippen molar-refractivity contribution in [3.63, 3.8) is 0 Å². The number of thiazole rings is 1. The van der Waals surface area contributed by atoms with Crippen molar-refractivity contribution in [1.29, 1.82) is 0 Å². The Morgan fingerprint density at radius 1 is 1.39 bits per heavy atom. The topological polar surface area (TPSA) is 33.2 Å². The Labute approximate surface area is 119 Å². The number of carbonyl (C=O) groups excluding carboxylic acids is 1. The van der Waals surface area contributed by atoms with E-state index in [1.54, 1.807) is 4.90 Å². The summed E-state index contributed by atoms with van der Waals surface area (Å²) in [5.41, 5.74) is 1.76. The summed E-state index contributed by atoms with van der Waals surface area (Å²) in [5.74, 6) is -0.0180. The van der Waals surface area contributed by atoms with E-state index >= 15 is 0 Å². The van der Waals surface area contributed by atoms with Crippen LogP contribution in [0.2, 0.25) is 0 Å². The molecule has 0 aliphatic heterocycles. The van der Waals surface area contributed by atoms with Gasteiger partial charge in [0.2, 0.25) is 5.91 Å². The third-order valence-electron chi connectivity index (χ3n) is 2.37. The van der Waals surface area contributed by atoms with Gasteiger partial charge in [-0.05, 0) is 26.0 Å². The highest BCUT2D eigenvalue weighted by Gasteiger charge is 2.23. The average Bonchev–Trinajstić information content (AvgIpc) is 2.77. The van der Waals surface area contributed by atoms with Crippen LogP contribution in [0.15, 0.2) is 35.7 Å². The number of aryl methyl sites for hydroxylation is 1. The lowest BCUT2D eigenvalue weighted by molar-refractivity contribution is -0.117. The molecule has 0 radical (unpaired) electrons. The number of alkyl halides is 1. The lowest BCUT2D eigenvalue weighted by Crippen LogP contribution is -2.31. The smallest absolute Gasteiger partial charge is 0.246 e. The molecule has 5 heteroatoms. The van der Waals surface area contributed by atoms with Crippen molar-refractivity contribution in [3.8, 4) is 0 Å². The quantitative estimate of drug-likeness (QED) is 0.802. The van der Waals surface area contributed by atoms with E-state index in [1.165, 1.54) is 11.3 Å². The van der Waals surface area contributed by atoms with Gasteiger partial charge in [0.05, 0.1) is 16.2 Å². The first-order chi connectivity index (χ1) is 8.59. The molecule has 2 aromatic rings. The number of anilines is 2. The number of amides is 1. The van der Waals surface area contributed by atoms with E-state index in [0.29, 0.717) is 5.13 Å². The van der Waals surface area contributed by atoms with Crippen LogP contribution in [0.5, 0.6) is 0 Å². The van der Waals surface area contributed by atoms with Crippen LogP contribution in [-0.2, 0) is 4.79 Å². The molecule has 0 fully saturated rings. The highest BCUT2D eigenvalue weighted by molar-refractivity contribution is 9.10. The minimum atomic E-state index is -0.248. The Balaban J connectivity index is 2.44. The number of nitrogens with zero attached hydrogens (tertiary/aromatic N) is 2. The van der Waals surface area contributed by atoms with Crippen LogP contribution in [0.25, 0.3) is 0 Å². The summed E-state index contributed by atoms with van der Waals surface area (Å²) in [7, 11) is 0. The molecule has 18 heavy (non-hydrogen) atoms. The van der Waals surface area contributed by atoms with E-state index in [-0.39, 0.29) is 10.7 Å². The largest absolute Gasteiger partial charge is 0.273 e. The monoisotopic (exact) mass is 324 g/mol. The van der Waals surface area contributed by atoms with Gasteiger partial charge in [-0.3, -0.25) is 9.69 Å². The fourth-order valence-electron chi connectivity index (χ4n) is 1.53. The minimum Gasteiger partial charge on any atom is -0.273 e. The summed E-state index contributed by atoms with van der Waals surface area (Å²) >= 11 is 4.80. The number of carbonyl (C=O) groups is 1. The SMILES string of the molecule is Cc1csc(N(C(=O)C(C)Br)c2ccccc2)n1. The maximum Gasteiger partial charge on any atom is 0.246 e. The second kappa shape index (κ2) is 5.63.